The van der Waals surface area contributed by atoms with Crippen LogP contribution >= 0.6 is 0 Å². The SMILES string of the molecule is CONC(C[N+](=O)[O-])=NCc1cccnc1. The molecule has 86 valence electrons. The van der Waals surface area contributed by atoms with Crippen LogP contribution in [0.25, 0.3) is 0 Å². The maximum Gasteiger partial charge on any atom is 0.262 e. The Morgan fingerprint density at radius 1 is 1.75 bits per heavy atom. The molecule has 1 rings (SSSR count). The van der Waals surface area contributed by atoms with E-state index in [4.69, 9.17) is 0 Å². The van der Waals surface area contributed by atoms with Gasteiger partial charge in [0.05, 0.1) is 13.7 Å². The van der Waals surface area contributed by atoms with E-state index in [-0.39, 0.29) is 5.84 Å². The number of nitro groups is 1. The summed E-state index contributed by atoms with van der Waals surface area (Å²) >= 11 is 0. The minimum atomic E-state index is -0.478. The molecule has 1 aromatic heterocycles. The molecule has 0 fully saturated rings. The number of hydroxylamine groups is 1. The molecule has 1 aromatic rings. The Morgan fingerprint density at radius 3 is 3.12 bits per heavy atom. The molecule has 0 aliphatic heterocycles. The summed E-state index contributed by atoms with van der Waals surface area (Å²) < 4.78 is 0. The van der Waals surface area contributed by atoms with Gasteiger partial charge in [-0.3, -0.25) is 24.9 Å². The second-order valence-corrected chi connectivity index (χ2v) is 2.92. The molecular weight excluding hydrogens is 212 g/mol. The zero-order chi connectivity index (χ0) is 11.8. The average Bonchev–Trinajstić information content (AvgIpc) is 2.27. The van der Waals surface area contributed by atoms with Crippen molar-refractivity contribution < 1.29 is 9.76 Å². The van der Waals surface area contributed by atoms with Crippen molar-refractivity contribution in [2.45, 2.75) is 6.54 Å². The summed E-state index contributed by atoms with van der Waals surface area (Å²) in [6.07, 6.45) is 3.30. The van der Waals surface area contributed by atoms with E-state index in [0.29, 0.717) is 6.54 Å². The van der Waals surface area contributed by atoms with Gasteiger partial charge in [0.2, 0.25) is 0 Å². The molecule has 16 heavy (non-hydrogen) atoms. The van der Waals surface area contributed by atoms with Crippen LogP contribution in [0.4, 0.5) is 0 Å². The van der Waals surface area contributed by atoms with Gasteiger partial charge < -0.3 is 0 Å². The van der Waals surface area contributed by atoms with Gasteiger partial charge in [0.25, 0.3) is 6.54 Å². The molecular formula is C9H12N4O3. The number of hydrogen-bond donors (Lipinski definition) is 1. The van der Waals surface area contributed by atoms with Crippen molar-refractivity contribution in [2.24, 2.45) is 4.99 Å². The average molecular weight is 224 g/mol. The van der Waals surface area contributed by atoms with Gasteiger partial charge in [-0.25, -0.2) is 5.48 Å². The molecule has 7 heteroatoms. The van der Waals surface area contributed by atoms with Crippen LogP contribution in [0.1, 0.15) is 5.56 Å². The Hall–Kier alpha value is -2.02. The summed E-state index contributed by atoms with van der Waals surface area (Å²) in [7, 11) is 1.37. The largest absolute Gasteiger partial charge is 0.278 e. The van der Waals surface area contributed by atoms with Crippen molar-refractivity contribution in [3.63, 3.8) is 0 Å². The highest BCUT2D eigenvalue weighted by molar-refractivity contribution is 5.82. The van der Waals surface area contributed by atoms with Crippen LogP contribution in [0.2, 0.25) is 0 Å². The Morgan fingerprint density at radius 2 is 2.56 bits per heavy atom. The summed E-state index contributed by atoms with van der Waals surface area (Å²) in [6, 6.07) is 3.62. The van der Waals surface area contributed by atoms with E-state index in [1.165, 1.54) is 7.11 Å². The van der Waals surface area contributed by atoms with E-state index in [0.717, 1.165) is 5.56 Å². The van der Waals surface area contributed by atoms with Gasteiger partial charge in [0, 0.05) is 17.3 Å². The first kappa shape index (κ1) is 12.1. The molecule has 0 radical (unpaired) electrons. The molecule has 0 unspecified atom stereocenters. The molecule has 0 saturated heterocycles. The third-order valence-electron chi connectivity index (χ3n) is 1.67. The van der Waals surface area contributed by atoms with Crippen LogP contribution in [0.3, 0.4) is 0 Å². The number of aliphatic imine (C=N–C) groups is 1. The van der Waals surface area contributed by atoms with Gasteiger partial charge in [-0.05, 0) is 11.6 Å². The lowest BCUT2D eigenvalue weighted by atomic mass is 10.3. The van der Waals surface area contributed by atoms with Gasteiger partial charge >= 0.3 is 0 Å². The summed E-state index contributed by atoms with van der Waals surface area (Å²) in [6.45, 7) is -0.0680. The molecule has 7 nitrogen and oxygen atoms in total. The minimum absolute atomic E-state index is 0.177. The zero-order valence-electron chi connectivity index (χ0n) is 8.79. The smallest absolute Gasteiger partial charge is 0.262 e. The van der Waals surface area contributed by atoms with Crippen molar-refractivity contribution in [3.8, 4) is 0 Å². The summed E-state index contributed by atoms with van der Waals surface area (Å²) in [5.74, 6) is 0.177. The van der Waals surface area contributed by atoms with E-state index in [1.807, 2.05) is 6.07 Å². The fraction of sp³-hybridized carbons (Fsp3) is 0.333. The van der Waals surface area contributed by atoms with Crippen LogP contribution in [0.5, 0.6) is 0 Å². The predicted molar refractivity (Wildman–Crippen MR) is 57.4 cm³/mol. The Balaban J connectivity index is 2.60. The molecule has 1 N–H and O–H groups in total. The third-order valence-corrected chi connectivity index (χ3v) is 1.67. The molecule has 0 spiro atoms. The zero-order valence-corrected chi connectivity index (χ0v) is 8.79. The fourth-order valence-corrected chi connectivity index (χ4v) is 1.03. The highest BCUT2D eigenvalue weighted by Gasteiger charge is 2.06. The van der Waals surface area contributed by atoms with Gasteiger partial charge in [-0.1, -0.05) is 6.07 Å². The summed E-state index contributed by atoms with van der Waals surface area (Å²) in [5.41, 5.74) is 3.25. The number of nitrogens with zero attached hydrogens (tertiary/aromatic N) is 3. The van der Waals surface area contributed by atoms with Crippen molar-refractivity contribution >= 4 is 5.84 Å². The fourth-order valence-electron chi connectivity index (χ4n) is 1.03. The lowest BCUT2D eigenvalue weighted by molar-refractivity contribution is -0.464. The lowest BCUT2D eigenvalue weighted by Crippen LogP contribution is -2.29. The Bertz CT molecular complexity index is 366. The topological polar surface area (TPSA) is 89.6 Å². The number of nitrogens with one attached hydrogen (secondary N) is 1. The van der Waals surface area contributed by atoms with Gasteiger partial charge in [-0.15, -0.1) is 0 Å². The molecule has 0 saturated carbocycles. The Labute approximate surface area is 92.3 Å². The van der Waals surface area contributed by atoms with E-state index >= 15 is 0 Å². The number of rotatable bonds is 5. The van der Waals surface area contributed by atoms with Crippen LogP contribution in [-0.2, 0) is 11.4 Å². The van der Waals surface area contributed by atoms with Crippen molar-refractivity contribution in [3.05, 3.63) is 40.2 Å². The highest BCUT2D eigenvalue weighted by atomic mass is 16.6. The van der Waals surface area contributed by atoms with Crippen LogP contribution in [0, 0.1) is 10.1 Å². The molecule has 0 aliphatic rings. The molecule has 0 aromatic carbocycles. The standard InChI is InChI=1S/C9H12N4O3/c1-16-12-9(7-13(14)15)11-6-8-3-2-4-10-5-8/h2-5H,6-7H2,1H3,(H,11,12). The van der Waals surface area contributed by atoms with Crippen molar-refractivity contribution in [1.29, 1.82) is 0 Å². The predicted octanol–water partition coefficient (Wildman–Crippen LogP) is 0.408. The third kappa shape index (κ3) is 4.47. The number of amidine groups is 1. The first-order chi connectivity index (χ1) is 7.72. The normalized spacial score (nSPS) is 11.2. The molecule has 0 amide bonds. The minimum Gasteiger partial charge on any atom is -0.278 e. The second-order valence-electron chi connectivity index (χ2n) is 2.92. The maximum absolute atomic E-state index is 10.3. The maximum atomic E-state index is 10.3. The van der Waals surface area contributed by atoms with Crippen molar-refractivity contribution in [2.75, 3.05) is 13.7 Å². The van der Waals surface area contributed by atoms with Crippen molar-refractivity contribution in [1.82, 2.24) is 10.5 Å². The number of hydrogen-bond acceptors (Lipinski definition) is 5. The monoisotopic (exact) mass is 224 g/mol. The van der Waals surface area contributed by atoms with Gasteiger partial charge in [0.15, 0.2) is 5.84 Å². The van der Waals surface area contributed by atoms with Gasteiger partial charge in [0.1, 0.15) is 0 Å². The molecule has 0 atom stereocenters. The molecule has 0 bridgehead atoms. The lowest BCUT2D eigenvalue weighted by Gasteiger charge is -2.03. The summed E-state index contributed by atoms with van der Waals surface area (Å²) in [4.78, 5) is 22.4. The molecule has 1 heterocycles. The van der Waals surface area contributed by atoms with Crippen LogP contribution < -0.4 is 5.48 Å². The van der Waals surface area contributed by atoms with Gasteiger partial charge in [-0.2, -0.15) is 0 Å². The number of aromatic nitrogens is 1. The summed E-state index contributed by atoms with van der Waals surface area (Å²) in [5, 5.41) is 10.3. The van der Waals surface area contributed by atoms with E-state index in [9.17, 15) is 10.1 Å². The second kappa shape index (κ2) is 6.46. The van der Waals surface area contributed by atoms with E-state index < -0.39 is 11.5 Å². The number of pyridine rings is 1. The van der Waals surface area contributed by atoms with Crippen LogP contribution in [-0.4, -0.2) is 29.4 Å². The highest BCUT2D eigenvalue weighted by Crippen LogP contribution is 1.97. The quantitative estimate of drug-likeness (QED) is 0.338. The molecule has 0 aliphatic carbocycles. The first-order valence-corrected chi connectivity index (χ1v) is 4.55. The van der Waals surface area contributed by atoms with Crippen LogP contribution in [0.15, 0.2) is 29.5 Å². The Kier molecular flexibility index (Phi) is 4.87. The first-order valence-electron chi connectivity index (χ1n) is 4.55. The van der Waals surface area contributed by atoms with E-state index in [1.54, 1.807) is 18.5 Å². The van der Waals surface area contributed by atoms with E-state index in [2.05, 4.69) is 20.3 Å².